The Bertz CT molecular complexity index is 472. The van der Waals surface area contributed by atoms with Crippen LogP contribution in [0.3, 0.4) is 0 Å². The first-order chi connectivity index (χ1) is 8.31. The molecule has 0 saturated carbocycles. The molecule has 1 aromatic rings. The molecule has 96 valence electrons. The Morgan fingerprint density at radius 3 is 2.39 bits per heavy atom. The van der Waals surface area contributed by atoms with E-state index in [1.165, 1.54) is 0 Å². The van der Waals surface area contributed by atoms with E-state index in [2.05, 4.69) is 43.6 Å². The van der Waals surface area contributed by atoms with Crippen molar-refractivity contribution < 1.29 is 4.74 Å². The van der Waals surface area contributed by atoms with Crippen molar-refractivity contribution in [2.45, 2.75) is 38.9 Å². The van der Waals surface area contributed by atoms with Crippen LogP contribution in [0.5, 0.6) is 0 Å². The van der Waals surface area contributed by atoms with E-state index in [1.807, 2.05) is 12.1 Å². The second kappa shape index (κ2) is 4.25. The van der Waals surface area contributed by atoms with E-state index in [-0.39, 0.29) is 11.2 Å². The van der Waals surface area contributed by atoms with Crippen LogP contribution in [0, 0.1) is 11.3 Å². The van der Waals surface area contributed by atoms with E-state index in [4.69, 9.17) is 10.00 Å². The van der Waals surface area contributed by atoms with Crippen LogP contribution in [-0.4, -0.2) is 29.3 Å². The number of hydrogen-bond donors (Lipinski definition) is 0. The fourth-order valence-corrected chi connectivity index (χ4v) is 2.61. The van der Waals surface area contributed by atoms with E-state index in [1.54, 1.807) is 6.07 Å². The van der Waals surface area contributed by atoms with Crippen molar-refractivity contribution >= 4 is 5.82 Å². The minimum Gasteiger partial charge on any atom is -0.366 e. The van der Waals surface area contributed by atoms with Crippen molar-refractivity contribution in [3.05, 3.63) is 23.9 Å². The zero-order chi connectivity index (χ0) is 13.4. The molecule has 2 rings (SSSR count). The fourth-order valence-electron chi connectivity index (χ4n) is 2.61. The summed E-state index contributed by atoms with van der Waals surface area (Å²) in [6.45, 7) is 9.87. The first-order valence-corrected chi connectivity index (χ1v) is 6.14. The molecule has 0 N–H and O–H groups in total. The van der Waals surface area contributed by atoms with Crippen LogP contribution < -0.4 is 4.90 Å². The lowest BCUT2D eigenvalue weighted by Crippen LogP contribution is -2.57. The van der Waals surface area contributed by atoms with Crippen molar-refractivity contribution in [1.82, 2.24) is 4.98 Å². The van der Waals surface area contributed by atoms with Gasteiger partial charge in [0.2, 0.25) is 0 Å². The summed E-state index contributed by atoms with van der Waals surface area (Å²) in [5.41, 5.74) is 0.0210. The number of pyridine rings is 1. The molecule has 1 fully saturated rings. The van der Waals surface area contributed by atoms with Gasteiger partial charge < -0.3 is 9.64 Å². The van der Waals surface area contributed by atoms with Gasteiger partial charge in [-0.25, -0.2) is 4.98 Å². The Balaban J connectivity index is 2.30. The van der Waals surface area contributed by atoms with Crippen LogP contribution >= 0.6 is 0 Å². The minimum atomic E-state index is -0.216. The summed E-state index contributed by atoms with van der Waals surface area (Å²) in [7, 11) is 0. The predicted octanol–water partition coefficient (Wildman–Crippen LogP) is 2.35. The molecule has 1 aromatic heterocycles. The van der Waals surface area contributed by atoms with Gasteiger partial charge in [0, 0.05) is 13.1 Å². The average Bonchev–Trinajstić information content (AvgIpc) is 2.25. The topological polar surface area (TPSA) is 49.2 Å². The summed E-state index contributed by atoms with van der Waals surface area (Å²) in [4.78, 5) is 6.54. The summed E-state index contributed by atoms with van der Waals surface area (Å²) >= 11 is 0. The van der Waals surface area contributed by atoms with Gasteiger partial charge in [-0.1, -0.05) is 6.07 Å². The molecule has 2 heterocycles. The molecule has 1 saturated heterocycles. The van der Waals surface area contributed by atoms with Gasteiger partial charge in [0.15, 0.2) is 0 Å². The summed E-state index contributed by atoms with van der Waals surface area (Å²) in [6.07, 6.45) is 0. The van der Waals surface area contributed by atoms with Crippen molar-refractivity contribution in [1.29, 1.82) is 5.26 Å². The molecule has 0 aliphatic carbocycles. The SMILES string of the molecule is CC1(C)CN(c2cccc(C#N)n2)CC(C)(C)O1. The Morgan fingerprint density at radius 1 is 1.22 bits per heavy atom. The van der Waals surface area contributed by atoms with Crippen LogP contribution in [0.25, 0.3) is 0 Å². The lowest BCUT2D eigenvalue weighted by atomic mass is 9.99. The van der Waals surface area contributed by atoms with E-state index < -0.39 is 0 Å². The van der Waals surface area contributed by atoms with Gasteiger partial charge in [-0.15, -0.1) is 0 Å². The van der Waals surface area contributed by atoms with Crippen LogP contribution in [0.1, 0.15) is 33.4 Å². The molecule has 0 atom stereocenters. The monoisotopic (exact) mass is 245 g/mol. The Morgan fingerprint density at radius 2 is 1.83 bits per heavy atom. The molecule has 0 radical (unpaired) electrons. The summed E-state index contributed by atoms with van der Waals surface area (Å²) in [5.74, 6) is 0.846. The average molecular weight is 245 g/mol. The zero-order valence-corrected chi connectivity index (χ0v) is 11.4. The highest BCUT2D eigenvalue weighted by Gasteiger charge is 2.38. The predicted molar refractivity (Wildman–Crippen MR) is 70.4 cm³/mol. The van der Waals surface area contributed by atoms with E-state index in [9.17, 15) is 0 Å². The number of morpholine rings is 1. The molecular weight excluding hydrogens is 226 g/mol. The normalized spacial score (nSPS) is 21.4. The molecule has 0 bridgehead atoms. The third-order valence-electron chi connectivity index (χ3n) is 2.87. The molecule has 18 heavy (non-hydrogen) atoms. The molecule has 0 spiro atoms. The minimum absolute atomic E-state index is 0.216. The highest BCUT2D eigenvalue weighted by molar-refractivity contribution is 5.43. The third kappa shape index (κ3) is 2.80. The van der Waals surface area contributed by atoms with Crippen LogP contribution in [0.4, 0.5) is 5.82 Å². The van der Waals surface area contributed by atoms with Crippen molar-refractivity contribution in [2.75, 3.05) is 18.0 Å². The highest BCUT2D eigenvalue weighted by atomic mass is 16.5. The van der Waals surface area contributed by atoms with Gasteiger partial charge >= 0.3 is 0 Å². The van der Waals surface area contributed by atoms with Gasteiger partial charge in [0.1, 0.15) is 17.6 Å². The standard InChI is InChI=1S/C14H19N3O/c1-13(2)9-17(10-14(3,4)18-13)12-7-5-6-11(8-15)16-12/h5-7H,9-10H2,1-4H3. The van der Waals surface area contributed by atoms with Gasteiger partial charge in [-0.3, -0.25) is 0 Å². The van der Waals surface area contributed by atoms with Crippen molar-refractivity contribution in [2.24, 2.45) is 0 Å². The fraction of sp³-hybridized carbons (Fsp3) is 0.571. The second-order valence-corrected chi connectivity index (χ2v) is 5.97. The molecule has 0 aromatic carbocycles. The highest BCUT2D eigenvalue weighted by Crippen LogP contribution is 2.30. The molecule has 0 unspecified atom stereocenters. The number of aromatic nitrogens is 1. The van der Waals surface area contributed by atoms with E-state index in [0.717, 1.165) is 18.9 Å². The second-order valence-electron chi connectivity index (χ2n) is 5.97. The maximum atomic E-state index is 8.91. The summed E-state index contributed by atoms with van der Waals surface area (Å²) in [5, 5.41) is 8.91. The van der Waals surface area contributed by atoms with E-state index in [0.29, 0.717) is 5.69 Å². The maximum Gasteiger partial charge on any atom is 0.142 e. The summed E-state index contributed by atoms with van der Waals surface area (Å²) < 4.78 is 6.03. The maximum absolute atomic E-state index is 8.91. The van der Waals surface area contributed by atoms with Gasteiger partial charge in [-0.2, -0.15) is 5.26 Å². The molecule has 0 amide bonds. The largest absolute Gasteiger partial charge is 0.366 e. The molecular formula is C14H19N3O. The Labute approximate surface area is 108 Å². The van der Waals surface area contributed by atoms with Gasteiger partial charge in [-0.05, 0) is 39.8 Å². The molecule has 1 aliphatic heterocycles. The van der Waals surface area contributed by atoms with Crippen LogP contribution in [0.15, 0.2) is 18.2 Å². The zero-order valence-electron chi connectivity index (χ0n) is 11.4. The van der Waals surface area contributed by atoms with Crippen molar-refractivity contribution in [3.8, 4) is 6.07 Å². The molecule has 4 heteroatoms. The number of nitriles is 1. The Hall–Kier alpha value is -1.60. The lowest BCUT2D eigenvalue weighted by molar-refractivity contribution is -0.133. The van der Waals surface area contributed by atoms with Crippen LogP contribution in [-0.2, 0) is 4.74 Å². The molecule has 1 aliphatic rings. The quantitative estimate of drug-likeness (QED) is 0.762. The van der Waals surface area contributed by atoms with Gasteiger partial charge in [0.05, 0.1) is 11.2 Å². The van der Waals surface area contributed by atoms with Gasteiger partial charge in [0.25, 0.3) is 0 Å². The summed E-state index contributed by atoms with van der Waals surface area (Å²) in [6, 6.07) is 7.62. The number of ether oxygens (including phenoxy) is 1. The lowest BCUT2D eigenvalue weighted by Gasteiger charge is -2.47. The van der Waals surface area contributed by atoms with Crippen molar-refractivity contribution in [3.63, 3.8) is 0 Å². The molecule has 4 nitrogen and oxygen atoms in total. The number of anilines is 1. The van der Waals surface area contributed by atoms with E-state index >= 15 is 0 Å². The third-order valence-corrected chi connectivity index (χ3v) is 2.87. The number of hydrogen-bond acceptors (Lipinski definition) is 4. The van der Waals surface area contributed by atoms with Crippen LogP contribution in [0.2, 0.25) is 0 Å². The first kappa shape index (κ1) is 12.8. The number of nitrogens with zero attached hydrogens (tertiary/aromatic N) is 3. The number of rotatable bonds is 1. The smallest absolute Gasteiger partial charge is 0.142 e. The first-order valence-electron chi connectivity index (χ1n) is 6.14. The Kier molecular flexibility index (Phi) is 3.04.